The van der Waals surface area contributed by atoms with Crippen LogP contribution in [0.5, 0.6) is 0 Å². The fraction of sp³-hybridized carbons (Fsp3) is 0.476. The van der Waals surface area contributed by atoms with Gasteiger partial charge < -0.3 is 10.2 Å². The minimum absolute atomic E-state index is 0.00417. The van der Waals surface area contributed by atoms with E-state index < -0.39 is 0 Å². The molecule has 0 aliphatic carbocycles. The zero-order valence-electron chi connectivity index (χ0n) is 16.5. The Morgan fingerprint density at radius 2 is 1.74 bits per heavy atom. The predicted octanol–water partition coefficient (Wildman–Crippen LogP) is 3.32. The molecule has 0 unspecified atom stereocenters. The number of para-hydroxylation sites is 1. The lowest BCUT2D eigenvalue weighted by Gasteiger charge is -2.32. The normalized spacial score (nSPS) is 15.2. The molecule has 144 valence electrons. The van der Waals surface area contributed by atoms with E-state index in [1.54, 1.807) is 0 Å². The summed E-state index contributed by atoms with van der Waals surface area (Å²) < 4.78 is 1.86. The summed E-state index contributed by atoms with van der Waals surface area (Å²) in [5, 5.41) is 7.66. The summed E-state index contributed by atoms with van der Waals surface area (Å²) in [6.07, 6.45) is 1.41. The van der Waals surface area contributed by atoms with Crippen molar-refractivity contribution in [2.75, 3.05) is 18.4 Å². The number of rotatable bonds is 4. The lowest BCUT2D eigenvalue weighted by Crippen LogP contribution is -2.43. The Morgan fingerprint density at radius 1 is 1.11 bits per heavy atom. The van der Waals surface area contributed by atoms with Crippen LogP contribution in [0.4, 0.5) is 5.69 Å². The smallest absolute Gasteiger partial charge is 0.227 e. The second kappa shape index (κ2) is 7.94. The third kappa shape index (κ3) is 4.04. The number of aryl methyl sites for hydroxylation is 1. The number of amides is 2. The summed E-state index contributed by atoms with van der Waals surface area (Å²) in [6, 6.07) is 9.89. The van der Waals surface area contributed by atoms with Gasteiger partial charge in [0.2, 0.25) is 11.8 Å². The first-order valence-corrected chi connectivity index (χ1v) is 9.59. The van der Waals surface area contributed by atoms with E-state index in [1.807, 2.05) is 67.6 Å². The van der Waals surface area contributed by atoms with Crippen molar-refractivity contribution in [2.24, 2.45) is 11.8 Å². The van der Waals surface area contributed by atoms with Crippen LogP contribution in [-0.4, -0.2) is 39.6 Å². The maximum absolute atomic E-state index is 12.8. The number of hydrogen-bond donors (Lipinski definition) is 1. The van der Waals surface area contributed by atoms with E-state index in [1.165, 1.54) is 0 Å². The van der Waals surface area contributed by atoms with Crippen molar-refractivity contribution in [1.29, 1.82) is 0 Å². The summed E-state index contributed by atoms with van der Waals surface area (Å²) in [4.78, 5) is 26.8. The van der Waals surface area contributed by atoms with E-state index >= 15 is 0 Å². The molecule has 2 aromatic rings. The lowest BCUT2D eigenvalue weighted by atomic mass is 9.95. The van der Waals surface area contributed by atoms with Gasteiger partial charge in [-0.15, -0.1) is 0 Å². The zero-order chi connectivity index (χ0) is 19.6. The predicted molar refractivity (Wildman–Crippen MR) is 106 cm³/mol. The molecule has 0 spiro atoms. The van der Waals surface area contributed by atoms with Crippen molar-refractivity contribution in [3.8, 4) is 5.69 Å². The van der Waals surface area contributed by atoms with Crippen molar-refractivity contribution in [2.45, 2.75) is 40.5 Å². The number of carbonyl (C=O) groups is 2. The molecular formula is C21H28N4O2. The third-order valence-electron chi connectivity index (χ3n) is 5.21. The Morgan fingerprint density at radius 3 is 2.33 bits per heavy atom. The monoisotopic (exact) mass is 368 g/mol. The molecule has 1 aromatic heterocycles. The van der Waals surface area contributed by atoms with Crippen molar-refractivity contribution in [3.05, 3.63) is 41.7 Å². The van der Waals surface area contributed by atoms with E-state index in [0.29, 0.717) is 25.9 Å². The quantitative estimate of drug-likeness (QED) is 0.900. The lowest BCUT2D eigenvalue weighted by molar-refractivity contribution is -0.137. The first-order valence-electron chi connectivity index (χ1n) is 9.59. The van der Waals surface area contributed by atoms with Gasteiger partial charge >= 0.3 is 0 Å². The number of hydrogen-bond acceptors (Lipinski definition) is 3. The van der Waals surface area contributed by atoms with Gasteiger partial charge in [-0.2, -0.15) is 5.10 Å². The molecule has 27 heavy (non-hydrogen) atoms. The Balaban J connectivity index is 1.67. The molecular weight excluding hydrogens is 340 g/mol. The third-order valence-corrected chi connectivity index (χ3v) is 5.21. The van der Waals surface area contributed by atoms with E-state index in [-0.39, 0.29) is 23.7 Å². The largest absolute Gasteiger partial charge is 0.342 e. The second-order valence-corrected chi connectivity index (χ2v) is 7.54. The van der Waals surface area contributed by atoms with E-state index in [9.17, 15) is 9.59 Å². The Hall–Kier alpha value is -2.63. The summed E-state index contributed by atoms with van der Waals surface area (Å²) in [6.45, 7) is 9.00. The van der Waals surface area contributed by atoms with Crippen LogP contribution in [0.1, 0.15) is 38.1 Å². The van der Waals surface area contributed by atoms with E-state index in [2.05, 4.69) is 10.4 Å². The van der Waals surface area contributed by atoms with Gasteiger partial charge in [-0.1, -0.05) is 32.0 Å². The van der Waals surface area contributed by atoms with E-state index in [0.717, 1.165) is 22.8 Å². The van der Waals surface area contributed by atoms with Crippen LogP contribution in [0, 0.1) is 25.7 Å². The number of carbonyl (C=O) groups excluding carboxylic acids is 2. The fourth-order valence-electron chi connectivity index (χ4n) is 3.60. The van der Waals surface area contributed by atoms with E-state index in [4.69, 9.17) is 0 Å². The van der Waals surface area contributed by atoms with Crippen molar-refractivity contribution >= 4 is 17.5 Å². The van der Waals surface area contributed by atoms with Crippen molar-refractivity contribution in [1.82, 2.24) is 14.7 Å². The zero-order valence-corrected chi connectivity index (χ0v) is 16.5. The number of piperidine rings is 1. The number of anilines is 1. The number of nitrogens with zero attached hydrogens (tertiary/aromatic N) is 3. The van der Waals surface area contributed by atoms with Crippen molar-refractivity contribution in [3.63, 3.8) is 0 Å². The number of aromatic nitrogens is 2. The van der Waals surface area contributed by atoms with Crippen LogP contribution in [0.3, 0.4) is 0 Å². The van der Waals surface area contributed by atoms with Crippen LogP contribution < -0.4 is 5.32 Å². The molecule has 1 aliphatic heterocycles. The van der Waals surface area contributed by atoms with Crippen LogP contribution in [0.25, 0.3) is 5.69 Å². The molecule has 1 aromatic carbocycles. The second-order valence-electron chi connectivity index (χ2n) is 7.54. The molecule has 1 aliphatic rings. The summed E-state index contributed by atoms with van der Waals surface area (Å²) >= 11 is 0. The maximum atomic E-state index is 12.8. The molecule has 0 bridgehead atoms. The van der Waals surface area contributed by atoms with Crippen LogP contribution in [-0.2, 0) is 9.59 Å². The number of nitrogens with one attached hydrogen (secondary N) is 1. The fourth-order valence-corrected chi connectivity index (χ4v) is 3.60. The van der Waals surface area contributed by atoms with Crippen molar-refractivity contribution < 1.29 is 9.59 Å². The van der Waals surface area contributed by atoms with Gasteiger partial charge in [0.1, 0.15) is 0 Å². The highest BCUT2D eigenvalue weighted by atomic mass is 16.2. The van der Waals surface area contributed by atoms with Gasteiger partial charge in [0.25, 0.3) is 0 Å². The summed E-state index contributed by atoms with van der Waals surface area (Å²) in [5.74, 6) is 0.125. The molecule has 2 amide bonds. The first kappa shape index (κ1) is 19.1. The van der Waals surface area contributed by atoms with Crippen LogP contribution in [0.2, 0.25) is 0 Å². The standard InChI is InChI=1S/C21H28N4O2/c1-14(2)21(27)24-12-10-17(11-13-24)20(26)22-19-15(3)23-25(16(19)4)18-8-6-5-7-9-18/h5-9,14,17H,10-13H2,1-4H3,(H,22,26). The van der Waals surface area contributed by atoms with Crippen LogP contribution >= 0.6 is 0 Å². The molecule has 0 saturated carbocycles. The summed E-state index contributed by atoms with van der Waals surface area (Å²) in [7, 11) is 0. The molecule has 1 saturated heterocycles. The highest BCUT2D eigenvalue weighted by Gasteiger charge is 2.29. The summed E-state index contributed by atoms with van der Waals surface area (Å²) in [5.41, 5.74) is 3.47. The SMILES string of the molecule is Cc1nn(-c2ccccc2)c(C)c1NC(=O)C1CCN(C(=O)C(C)C)CC1. The first-order chi connectivity index (χ1) is 12.9. The molecule has 2 heterocycles. The maximum Gasteiger partial charge on any atom is 0.227 e. The molecule has 6 heteroatoms. The van der Waals surface area contributed by atoms with Gasteiger partial charge in [0, 0.05) is 24.9 Å². The number of likely N-dealkylation sites (tertiary alicyclic amines) is 1. The average molecular weight is 368 g/mol. The van der Waals surface area contributed by atoms with Gasteiger partial charge in [-0.05, 0) is 38.8 Å². The van der Waals surface area contributed by atoms with Crippen LogP contribution in [0.15, 0.2) is 30.3 Å². The molecule has 0 radical (unpaired) electrons. The number of benzene rings is 1. The van der Waals surface area contributed by atoms with Gasteiger partial charge in [0.15, 0.2) is 0 Å². The van der Waals surface area contributed by atoms with Gasteiger partial charge in [-0.3, -0.25) is 9.59 Å². The Kier molecular flexibility index (Phi) is 5.63. The average Bonchev–Trinajstić information content (AvgIpc) is 2.96. The Bertz CT molecular complexity index is 818. The minimum atomic E-state index is -0.0694. The van der Waals surface area contributed by atoms with Gasteiger partial charge in [0.05, 0.1) is 22.8 Å². The van der Waals surface area contributed by atoms with Gasteiger partial charge in [-0.25, -0.2) is 4.68 Å². The minimum Gasteiger partial charge on any atom is -0.342 e. The topological polar surface area (TPSA) is 67.2 Å². The molecule has 1 N–H and O–H groups in total. The molecule has 0 atom stereocenters. The highest BCUT2D eigenvalue weighted by Crippen LogP contribution is 2.25. The molecule has 3 rings (SSSR count). The Labute approximate surface area is 160 Å². The molecule has 6 nitrogen and oxygen atoms in total. The molecule has 1 fully saturated rings. The highest BCUT2D eigenvalue weighted by molar-refractivity contribution is 5.94.